The fraction of sp³-hybridized carbons (Fsp3) is 0.611. The first-order valence-corrected chi connectivity index (χ1v) is 8.87. The van der Waals surface area contributed by atoms with E-state index in [4.69, 9.17) is 14.2 Å². The van der Waals surface area contributed by atoms with Crippen molar-refractivity contribution in [3.05, 3.63) is 35.9 Å². The monoisotopic (exact) mass is 384 g/mol. The van der Waals surface area contributed by atoms with Crippen LogP contribution in [0.15, 0.2) is 30.3 Å². The van der Waals surface area contributed by atoms with Gasteiger partial charge < -0.3 is 14.2 Å². The van der Waals surface area contributed by atoms with Crippen LogP contribution in [0.4, 0.5) is 0 Å². The maximum absolute atomic E-state index is 11.9. The average molecular weight is 385 g/mol. The third kappa shape index (κ3) is 5.30. The number of esters is 1. The summed E-state index contributed by atoms with van der Waals surface area (Å²) in [6, 6.07) is 10.1. The highest BCUT2D eigenvalue weighted by Crippen LogP contribution is 2.34. The van der Waals surface area contributed by atoms with Crippen molar-refractivity contribution >= 4 is 21.9 Å². The number of benzene rings is 1. The summed E-state index contributed by atoms with van der Waals surface area (Å²) in [5.74, 6) is -0.288. The molecule has 0 bridgehead atoms. The van der Waals surface area contributed by atoms with Crippen LogP contribution in [-0.4, -0.2) is 36.2 Å². The molecule has 0 amide bonds. The van der Waals surface area contributed by atoms with Crippen LogP contribution < -0.4 is 0 Å². The van der Waals surface area contributed by atoms with Gasteiger partial charge in [0.15, 0.2) is 0 Å². The quantitative estimate of drug-likeness (QED) is 0.406. The summed E-state index contributed by atoms with van der Waals surface area (Å²) in [5, 5.41) is 0. The molecule has 0 spiro atoms. The Balaban J connectivity index is 1.75. The summed E-state index contributed by atoms with van der Waals surface area (Å²) in [5.41, 5.74) is 1.17. The van der Waals surface area contributed by atoms with E-state index in [0.29, 0.717) is 13.2 Å². The van der Waals surface area contributed by atoms with Crippen molar-refractivity contribution in [2.24, 2.45) is 0 Å². The van der Waals surface area contributed by atoms with Gasteiger partial charge in [-0.05, 0) is 38.2 Å². The molecule has 0 saturated carbocycles. The van der Waals surface area contributed by atoms with Gasteiger partial charge in [-0.25, -0.2) is 0 Å². The molecule has 1 aliphatic rings. The minimum atomic E-state index is -0.786. The van der Waals surface area contributed by atoms with Crippen LogP contribution in [-0.2, 0) is 25.6 Å². The third-order valence-electron chi connectivity index (χ3n) is 4.23. The summed E-state index contributed by atoms with van der Waals surface area (Å²) >= 11 is 3.48. The average Bonchev–Trinajstić information content (AvgIpc) is 2.59. The lowest BCUT2D eigenvalue weighted by molar-refractivity contribution is -0.151. The van der Waals surface area contributed by atoms with E-state index in [1.807, 2.05) is 25.1 Å². The van der Waals surface area contributed by atoms with Gasteiger partial charge in [-0.3, -0.25) is 4.79 Å². The summed E-state index contributed by atoms with van der Waals surface area (Å²) < 4.78 is 15.9. The highest BCUT2D eigenvalue weighted by Gasteiger charge is 2.43. The van der Waals surface area contributed by atoms with Crippen molar-refractivity contribution in [3.8, 4) is 0 Å². The topological polar surface area (TPSA) is 44.8 Å². The molecule has 1 fully saturated rings. The number of hydrogen-bond donors (Lipinski definition) is 0. The van der Waals surface area contributed by atoms with Crippen molar-refractivity contribution in [2.75, 3.05) is 13.7 Å². The van der Waals surface area contributed by atoms with E-state index in [-0.39, 0.29) is 18.2 Å². The van der Waals surface area contributed by atoms with E-state index in [1.165, 1.54) is 12.7 Å². The molecule has 1 heterocycles. The van der Waals surface area contributed by atoms with Gasteiger partial charge in [0.1, 0.15) is 4.32 Å². The number of alkyl halides is 1. The molecule has 0 radical (unpaired) electrons. The van der Waals surface area contributed by atoms with Gasteiger partial charge in [-0.1, -0.05) is 46.3 Å². The van der Waals surface area contributed by atoms with Crippen molar-refractivity contribution in [3.63, 3.8) is 0 Å². The molecule has 1 unspecified atom stereocenters. The van der Waals surface area contributed by atoms with Crippen LogP contribution in [0.3, 0.4) is 0 Å². The highest BCUT2D eigenvalue weighted by molar-refractivity contribution is 9.10. The second-order valence-corrected chi connectivity index (χ2v) is 7.72. The number of ether oxygens (including phenoxy) is 3. The largest absolute Gasteiger partial charge is 0.468 e. The van der Waals surface area contributed by atoms with Gasteiger partial charge in [-0.15, -0.1) is 0 Å². The second kappa shape index (κ2) is 8.81. The van der Waals surface area contributed by atoms with Gasteiger partial charge in [0.2, 0.25) is 0 Å². The van der Waals surface area contributed by atoms with Gasteiger partial charge in [0.05, 0.1) is 25.9 Å². The lowest BCUT2D eigenvalue weighted by atomic mass is 9.94. The molecule has 1 saturated heterocycles. The van der Waals surface area contributed by atoms with E-state index >= 15 is 0 Å². The molecule has 3 atom stereocenters. The molecule has 2 rings (SSSR count). The first-order valence-electron chi connectivity index (χ1n) is 8.08. The van der Waals surface area contributed by atoms with E-state index in [0.717, 1.165) is 25.7 Å². The summed E-state index contributed by atoms with van der Waals surface area (Å²) in [6.07, 6.45) is 3.72. The Morgan fingerprint density at radius 3 is 2.78 bits per heavy atom. The standard InChI is InChI=1S/C18H25BrO4/c1-18(19,17(20)21-2)16-10-6-9-15(23-16)11-12-22-13-14-7-4-3-5-8-14/h3-5,7-8,15-16H,6,9-13H2,1-2H3/t15-,16+,18?/m1/s1. The summed E-state index contributed by atoms with van der Waals surface area (Å²) in [4.78, 5) is 11.9. The highest BCUT2D eigenvalue weighted by atomic mass is 79.9. The molecule has 4 nitrogen and oxygen atoms in total. The van der Waals surface area contributed by atoms with Gasteiger partial charge in [0.25, 0.3) is 0 Å². The molecule has 128 valence electrons. The van der Waals surface area contributed by atoms with E-state index in [9.17, 15) is 4.79 Å². The third-order valence-corrected chi connectivity index (χ3v) is 5.07. The first kappa shape index (κ1) is 18.4. The van der Waals surface area contributed by atoms with Gasteiger partial charge in [-0.2, -0.15) is 0 Å². The minimum Gasteiger partial charge on any atom is -0.468 e. The van der Waals surface area contributed by atoms with Crippen molar-refractivity contribution in [2.45, 2.75) is 55.7 Å². The summed E-state index contributed by atoms with van der Waals surface area (Å²) in [6.45, 7) is 3.09. The fourth-order valence-corrected chi connectivity index (χ4v) is 3.32. The van der Waals surface area contributed by atoms with E-state index in [2.05, 4.69) is 28.1 Å². The zero-order valence-electron chi connectivity index (χ0n) is 13.8. The summed E-state index contributed by atoms with van der Waals surface area (Å²) in [7, 11) is 1.40. The molecule has 1 aromatic carbocycles. The first-order chi connectivity index (χ1) is 11.0. The number of hydrogen-bond acceptors (Lipinski definition) is 4. The van der Waals surface area contributed by atoms with E-state index in [1.54, 1.807) is 0 Å². The zero-order chi connectivity index (χ0) is 16.7. The Morgan fingerprint density at radius 2 is 2.09 bits per heavy atom. The number of carbonyl (C=O) groups excluding carboxylic acids is 1. The number of methoxy groups -OCH3 is 1. The zero-order valence-corrected chi connectivity index (χ0v) is 15.4. The number of rotatable bonds is 7. The smallest absolute Gasteiger partial charge is 0.325 e. The molecule has 23 heavy (non-hydrogen) atoms. The molecule has 0 N–H and O–H groups in total. The number of carbonyl (C=O) groups is 1. The Bertz CT molecular complexity index is 489. The Labute approximate surface area is 146 Å². The normalized spacial score (nSPS) is 24.0. The molecule has 1 aromatic rings. The van der Waals surface area contributed by atoms with Crippen LogP contribution in [0.1, 0.15) is 38.2 Å². The Kier molecular flexibility index (Phi) is 7.06. The van der Waals surface area contributed by atoms with Crippen LogP contribution in [0.2, 0.25) is 0 Å². The molecular formula is C18H25BrO4. The van der Waals surface area contributed by atoms with Crippen molar-refractivity contribution in [1.82, 2.24) is 0 Å². The van der Waals surface area contributed by atoms with Crippen LogP contribution in [0.25, 0.3) is 0 Å². The Morgan fingerprint density at radius 1 is 1.35 bits per heavy atom. The number of halogens is 1. The predicted octanol–water partition coefficient (Wildman–Crippen LogP) is 3.86. The second-order valence-electron chi connectivity index (χ2n) is 6.07. The maximum atomic E-state index is 11.9. The van der Waals surface area contributed by atoms with Crippen molar-refractivity contribution < 1.29 is 19.0 Å². The minimum absolute atomic E-state index is 0.131. The molecule has 0 aliphatic carbocycles. The maximum Gasteiger partial charge on any atom is 0.325 e. The Hall–Kier alpha value is -0.910. The lowest BCUT2D eigenvalue weighted by Gasteiger charge is -2.37. The van der Waals surface area contributed by atoms with E-state index < -0.39 is 4.32 Å². The molecule has 0 aromatic heterocycles. The van der Waals surface area contributed by atoms with Gasteiger partial charge in [0, 0.05) is 6.61 Å². The molecule has 5 heteroatoms. The van der Waals surface area contributed by atoms with Crippen molar-refractivity contribution in [1.29, 1.82) is 0 Å². The van der Waals surface area contributed by atoms with Crippen LogP contribution in [0.5, 0.6) is 0 Å². The van der Waals surface area contributed by atoms with Crippen LogP contribution in [0, 0.1) is 0 Å². The van der Waals surface area contributed by atoms with Crippen LogP contribution >= 0.6 is 15.9 Å². The SMILES string of the molecule is COC(=O)C(C)(Br)[C@@H]1CCC[C@H](CCOCc2ccccc2)O1. The molecule has 1 aliphatic heterocycles. The fourth-order valence-electron chi connectivity index (χ4n) is 2.82. The van der Waals surface area contributed by atoms with Gasteiger partial charge >= 0.3 is 5.97 Å². The molecular weight excluding hydrogens is 360 g/mol. The lowest BCUT2D eigenvalue weighted by Crippen LogP contribution is -2.47. The predicted molar refractivity (Wildman–Crippen MR) is 92.6 cm³/mol.